The highest BCUT2D eigenvalue weighted by Gasteiger charge is 2.30. The Morgan fingerprint density at radius 1 is 1.15 bits per heavy atom. The van der Waals surface area contributed by atoms with Crippen LogP contribution in [0.25, 0.3) is 16.8 Å². The summed E-state index contributed by atoms with van der Waals surface area (Å²) in [6, 6.07) is 11.5. The van der Waals surface area contributed by atoms with Crippen molar-refractivity contribution in [1.29, 1.82) is 0 Å². The van der Waals surface area contributed by atoms with Crippen LogP contribution in [0.3, 0.4) is 0 Å². The number of H-pyrrole nitrogens is 2. The maximum Gasteiger partial charge on any atom is 0.278 e. The van der Waals surface area contributed by atoms with Gasteiger partial charge in [-0.1, -0.05) is 30.3 Å². The van der Waals surface area contributed by atoms with E-state index in [2.05, 4.69) is 15.3 Å². The molecule has 0 unspecified atom stereocenters. The number of rotatable bonds is 2. The summed E-state index contributed by atoms with van der Waals surface area (Å²) >= 11 is 0. The van der Waals surface area contributed by atoms with E-state index in [1.54, 1.807) is 11.0 Å². The summed E-state index contributed by atoms with van der Waals surface area (Å²) < 4.78 is 1.47. The predicted molar refractivity (Wildman–Crippen MR) is 98.2 cm³/mol. The molecular formula is C19H16N6O2. The lowest BCUT2D eigenvalue weighted by molar-refractivity contribution is 0.0744. The minimum Gasteiger partial charge on any atom is -0.327 e. The first-order valence-corrected chi connectivity index (χ1v) is 8.60. The van der Waals surface area contributed by atoms with Crippen molar-refractivity contribution in [3.63, 3.8) is 0 Å². The number of hydrogen-bond donors (Lipinski definition) is 2. The zero-order chi connectivity index (χ0) is 18.5. The van der Waals surface area contributed by atoms with Gasteiger partial charge in [0.1, 0.15) is 5.69 Å². The highest BCUT2D eigenvalue weighted by Crippen LogP contribution is 2.28. The Morgan fingerprint density at radius 3 is 2.70 bits per heavy atom. The minimum atomic E-state index is -0.196. The van der Waals surface area contributed by atoms with E-state index in [9.17, 15) is 9.59 Å². The van der Waals surface area contributed by atoms with Gasteiger partial charge >= 0.3 is 0 Å². The van der Waals surface area contributed by atoms with Gasteiger partial charge in [-0.2, -0.15) is 5.10 Å². The van der Waals surface area contributed by atoms with Gasteiger partial charge in [0.15, 0.2) is 5.65 Å². The number of fused-ring (bicyclic) bond motifs is 2. The first kappa shape index (κ1) is 15.6. The number of aromatic nitrogens is 5. The van der Waals surface area contributed by atoms with Crippen LogP contribution in [0, 0.1) is 6.92 Å². The summed E-state index contributed by atoms with van der Waals surface area (Å²) in [7, 11) is 0. The lowest BCUT2D eigenvalue weighted by Crippen LogP contribution is -2.27. The summed E-state index contributed by atoms with van der Waals surface area (Å²) in [5, 5.41) is 9.60. The van der Waals surface area contributed by atoms with E-state index in [1.165, 1.54) is 10.7 Å². The number of carbonyl (C=O) groups is 1. The second kappa shape index (κ2) is 5.66. The van der Waals surface area contributed by atoms with Gasteiger partial charge in [-0.15, -0.1) is 0 Å². The first-order chi connectivity index (χ1) is 13.1. The Hall–Kier alpha value is -3.68. The monoisotopic (exact) mass is 360 g/mol. The third kappa shape index (κ3) is 2.30. The van der Waals surface area contributed by atoms with Crippen LogP contribution in [0.15, 0.2) is 47.4 Å². The topological polar surface area (TPSA) is 99.2 Å². The Kier molecular flexibility index (Phi) is 3.27. The van der Waals surface area contributed by atoms with Crippen molar-refractivity contribution in [1.82, 2.24) is 29.7 Å². The van der Waals surface area contributed by atoms with Crippen LogP contribution in [0.5, 0.6) is 0 Å². The predicted octanol–water partition coefficient (Wildman–Crippen LogP) is 1.88. The molecule has 1 aliphatic heterocycles. The third-order valence-electron chi connectivity index (χ3n) is 4.91. The standard InChI is InChI=1S/C19H16N6O2/c1-11-16(12-5-3-2-4-6-12)17-21-15-10-24(19(27)14-7-8-20-22-14)9-13(15)18(26)25(17)23-11/h2-8,23H,9-10H2,1H3,(H,20,22). The fraction of sp³-hybridized carbons (Fsp3) is 0.158. The van der Waals surface area contributed by atoms with Crippen molar-refractivity contribution in [3.8, 4) is 11.1 Å². The summed E-state index contributed by atoms with van der Waals surface area (Å²) in [6.07, 6.45) is 1.53. The zero-order valence-corrected chi connectivity index (χ0v) is 14.6. The molecule has 4 aromatic rings. The number of aryl methyl sites for hydroxylation is 1. The van der Waals surface area contributed by atoms with Gasteiger partial charge in [-0.3, -0.25) is 19.8 Å². The van der Waals surface area contributed by atoms with Crippen LogP contribution < -0.4 is 5.56 Å². The highest BCUT2D eigenvalue weighted by atomic mass is 16.2. The van der Waals surface area contributed by atoms with Crippen molar-refractivity contribution < 1.29 is 4.79 Å². The maximum atomic E-state index is 13.0. The fourth-order valence-electron chi connectivity index (χ4n) is 3.62. The number of nitrogens with one attached hydrogen (secondary N) is 2. The van der Waals surface area contributed by atoms with E-state index in [-0.39, 0.29) is 18.0 Å². The molecule has 0 radical (unpaired) electrons. The van der Waals surface area contributed by atoms with Crippen LogP contribution in [0.4, 0.5) is 0 Å². The van der Waals surface area contributed by atoms with Crippen molar-refractivity contribution in [2.24, 2.45) is 0 Å². The van der Waals surface area contributed by atoms with Gasteiger partial charge in [0, 0.05) is 17.5 Å². The molecule has 3 aromatic heterocycles. The van der Waals surface area contributed by atoms with Gasteiger partial charge in [0.25, 0.3) is 11.5 Å². The number of hydrogen-bond acceptors (Lipinski definition) is 4. The molecule has 0 bridgehead atoms. The van der Waals surface area contributed by atoms with Crippen LogP contribution in [0.2, 0.25) is 0 Å². The smallest absolute Gasteiger partial charge is 0.278 e. The summed E-state index contributed by atoms with van der Waals surface area (Å²) in [5.41, 5.74) is 4.76. The van der Waals surface area contributed by atoms with Crippen molar-refractivity contribution in [2.75, 3.05) is 0 Å². The molecule has 5 rings (SSSR count). The van der Waals surface area contributed by atoms with E-state index >= 15 is 0 Å². The van der Waals surface area contributed by atoms with Crippen LogP contribution >= 0.6 is 0 Å². The number of amides is 1. The van der Waals surface area contributed by atoms with E-state index in [0.717, 1.165) is 16.8 Å². The summed E-state index contributed by atoms with van der Waals surface area (Å²) in [5.74, 6) is -0.196. The SMILES string of the molecule is Cc1[nH]n2c(=O)c3c(nc2c1-c1ccccc1)CN(C(=O)c1ccn[nH]1)C3. The number of benzene rings is 1. The molecule has 0 spiro atoms. The van der Waals surface area contributed by atoms with E-state index in [1.807, 2.05) is 37.3 Å². The average molecular weight is 360 g/mol. The molecule has 0 fully saturated rings. The Bertz CT molecular complexity index is 1220. The second-order valence-corrected chi connectivity index (χ2v) is 6.61. The largest absolute Gasteiger partial charge is 0.327 e. The number of carbonyl (C=O) groups excluding carboxylic acids is 1. The summed E-state index contributed by atoms with van der Waals surface area (Å²) in [4.78, 5) is 31.9. The lowest BCUT2D eigenvalue weighted by Gasteiger charge is -2.12. The van der Waals surface area contributed by atoms with Crippen molar-refractivity contribution in [3.05, 3.63) is 75.6 Å². The van der Waals surface area contributed by atoms with Crippen molar-refractivity contribution >= 4 is 11.6 Å². The molecule has 0 atom stereocenters. The van der Waals surface area contributed by atoms with Crippen molar-refractivity contribution in [2.45, 2.75) is 20.0 Å². The average Bonchev–Trinajstić information content (AvgIpc) is 3.40. The first-order valence-electron chi connectivity index (χ1n) is 8.60. The van der Waals surface area contributed by atoms with E-state index in [0.29, 0.717) is 29.1 Å². The van der Waals surface area contributed by atoms with Crippen LogP contribution in [-0.4, -0.2) is 35.6 Å². The molecule has 134 valence electrons. The fourth-order valence-corrected chi connectivity index (χ4v) is 3.62. The molecule has 1 aliphatic rings. The summed E-state index contributed by atoms with van der Waals surface area (Å²) in [6.45, 7) is 2.47. The van der Waals surface area contributed by atoms with E-state index in [4.69, 9.17) is 4.98 Å². The molecule has 0 aliphatic carbocycles. The van der Waals surface area contributed by atoms with Gasteiger partial charge in [0.2, 0.25) is 0 Å². The second-order valence-electron chi connectivity index (χ2n) is 6.61. The molecule has 1 aromatic carbocycles. The molecule has 8 nitrogen and oxygen atoms in total. The molecular weight excluding hydrogens is 344 g/mol. The molecule has 0 saturated carbocycles. The lowest BCUT2D eigenvalue weighted by atomic mass is 10.1. The number of aromatic amines is 2. The Labute approximate surface area is 153 Å². The molecule has 27 heavy (non-hydrogen) atoms. The van der Waals surface area contributed by atoms with Gasteiger partial charge in [-0.25, -0.2) is 9.50 Å². The highest BCUT2D eigenvalue weighted by molar-refractivity contribution is 5.92. The van der Waals surface area contributed by atoms with Gasteiger partial charge in [0.05, 0.1) is 24.3 Å². The molecule has 2 N–H and O–H groups in total. The van der Waals surface area contributed by atoms with Gasteiger partial charge < -0.3 is 4.90 Å². The van der Waals surface area contributed by atoms with Crippen LogP contribution in [-0.2, 0) is 13.1 Å². The third-order valence-corrected chi connectivity index (χ3v) is 4.91. The number of nitrogens with zero attached hydrogens (tertiary/aromatic N) is 4. The van der Waals surface area contributed by atoms with E-state index < -0.39 is 0 Å². The molecule has 4 heterocycles. The zero-order valence-electron chi connectivity index (χ0n) is 14.6. The quantitative estimate of drug-likeness (QED) is 0.570. The Balaban J connectivity index is 1.63. The Morgan fingerprint density at radius 2 is 1.96 bits per heavy atom. The molecule has 1 amide bonds. The minimum absolute atomic E-state index is 0.166. The normalized spacial score (nSPS) is 13.3. The molecule has 0 saturated heterocycles. The van der Waals surface area contributed by atoms with Crippen LogP contribution in [0.1, 0.15) is 27.4 Å². The van der Waals surface area contributed by atoms with Gasteiger partial charge in [-0.05, 0) is 18.6 Å². The maximum absolute atomic E-state index is 13.0. The molecule has 8 heteroatoms.